The van der Waals surface area contributed by atoms with E-state index >= 15 is 0 Å². The van der Waals surface area contributed by atoms with Gasteiger partial charge in [0.1, 0.15) is 0 Å². The lowest BCUT2D eigenvalue weighted by atomic mass is 10.1. The van der Waals surface area contributed by atoms with Gasteiger partial charge < -0.3 is 4.74 Å². The second-order valence-electron chi connectivity index (χ2n) is 1.92. The van der Waals surface area contributed by atoms with Crippen molar-refractivity contribution in [3.8, 4) is 0 Å². The maximum absolute atomic E-state index is 5.20. The fraction of sp³-hybridized carbons (Fsp3) is 0.833. The molecule has 1 aliphatic heterocycles. The fourth-order valence-electron chi connectivity index (χ4n) is 0.677. The summed E-state index contributed by atoms with van der Waals surface area (Å²) < 4.78 is 5.20. The molecular weight excluding hydrogens is 120 g/mol. The summed E-state index contributed by atoms with van der Waals surface area (Å²) in [6, 6.07) is 0. The maximum Gasteiger partial charge on any atom is 0.0921 e. The summed E-state index contributed by atoms with van der Waals surface area (Å²) in [7, 11) is 0. The van der Waals surface area contributed by atoms with Crippen LogP contribution >= 0.6 is 11.8 Å². The van der Waals surface area contributed by atoms with E-state index in [1.54, 1.807) is 5.92 Å². The molecule has 0 bridgehead atoms. The van der Waals surface area contributed by atoms with Crippen molar-refractivity contribution in [3.05, 3.63) is 5.92 Å². The van der Waals surface area contributed by atoms with Gasteiger partial charge in [-0.25, -0.2) is 0 Å². The van der Waals surface area contributed by atoms with E-state index < -0.39 is 0 Å². The van der Waals surface area contributed by atoms with Gasteiger partial charge in [0.2, 0.25) is 0 Å². The summed E-state index contributed by atoms with van der Waals surface area (Å²) in [4.78, 5) is 0. The standard InChI is InChI=1S/C6H11OS/c1-2-6-3-7-5-8-4-6/h2-5H2,1H3. The highest BCUT2D eigenvalue weighted by molar-refractivity contribution is 7.99. The zero-order valence-electron chi connectivity index (χ0n) is 5.14. The van der Waals surface area contributed by atoms with Crippen LogP contribution in [0.15, 0.2) is 0 Å². The van der Waals surface area contributed by atoms with Gasteiger partial charge in [0, 0.05) is 11.7 Å². The molecule has 1 heterocycles. The van der Waals surface area contributed by atoms with Gasteiger partial charge in [-0.3, -0.25) is 0 Å². The first-order valence-electron chi connectivity index (χ1n) is 2.92. The molecule has 0 amide bonds. The monoisotopic (exact) mass is 131 g/mol. The molecule has 0 saturated carbocycles. The van der Waals surface area contributed by atoms with Gasteiger partial charge in [0.15, 0.2) is 0 Å². The molecule has 0 N–H and O–H groups in total. The van der Waals surface area contributed by atoms with Crippen molar-refractivity contribution in [3.63, 3.8) is 0 Å². The molecule has 1 aliphatic rings. The normalized spacial score (nSPS) is 23.6. The smallest absolute Gasteiger partial charge is 0.0921 e. The highest BCUT2D eigenvalue weighted by atomic mass is 32.2. The number of rotatable bonds is 1. The van der Waals surface area contributed by atoms with Crippen LogP contribution < -0.4 is 0 Å². The van der Waals surface area contributed by atoms with Crippen molar-refractivity contribution in [1.82, 2.24) is 0 Å². The third kappa shape index (κ3) is 1.67. The first-order valence-corrected chi connectivity index (χ1v) is 4.08. The zero-order chi connectivity index (χ0) is 5.82. The highest BCUT2D eigenvalue weighted by Crippen LogP contribution is 2.19. The largest absolute Gasteiger partial charge is 0.370 e. The van der Waals surface area contributed by atoms with Crippen molar-refractivity contribution >= 4 is 11.8 Å². The molecule has 1 radical (unpaired) electrons. The molecular formula is C6H11OS. The molecule has 0 unspecified atom stereocenters. The Morgan fingerprint density at radius 1 is 1.75 bits per heavy atom. The Morgan fingerprint density at radius 2 is 2.62 bits per heavy atom. The second-order valence-corrected chi connectivity index (χ2v) is 2.85. The molecule has 0 aromatic rings. The minimum Gasteiger partial charge on any atom is -0.370 e. The van der Waals surface area contributed by atoms with E-state index in [9.17, 15) is 0 Å². The molecule has 1 saturated heterocycles. The van der Waals surface area contributed by atoms with Gasteiger partial charge in [-0.15, -0.1) is 11.8 Å². The van der Waals surface area contributed by atoms with Crippen LogP contribution in [0.25, 0.3) is 0 Å². The molecule has 1 rings (SSSR count). The molecule has 0 spiro atoms. The van der Waals surface area contributed by atoms with Crippen LogP contribution in [0.1, 0.15) is 13.3 Å². The first-order chi connectivity index (χ1) is 3.93. The Balaban J connectivity index is 2.13. The summed E-state index contributed by atoms with van der Waals surface area (Å²) in [6.07, 6.45) is 1.19. The summed E-state index contributed by atoms with van der Waals surface area (Å²) >= 11 is 1.87. The predicted molar refractivity (Wildman–Crippen MR) is 36.8 cm³/mol. The van der Waals surface area contributed by atoms with Crippen LogP contribution in [-0.4, -0.2) is 18.3 Å². The van der Waals surface area contributed by atoms with Gasteiger partial charge in [0.05, 0.1) is 12.5 Å². The quantitative estimate of drug-likeness (QED) is 0.535. The number of ether oxygens (including phenoxy) is 1. The van der Waals surface area contributed by atoms with E-state index in [1.807, 2.05) is 11.8 Å². The molecule has 0 aliphatic carbocycles. The van der Waals surface area contributed by atoms with Gasteiger partial charge in [-0.05, 0) is 6.42 Å². The predicted octanol–water partition coefficient (Wildman–Crippen LogP) is 1.69. The van der Waals surface area contributed by atoms with E-state index in [0.717, 1.165) is 12.5 Å². The first kappa shape index (κ1) is 6.43. The van der Waals surface area contributed by atoms with E-state index in [-0.39, 0.29) is 0 Å². The van der Waals surface area contributed by atoms with Crippen LogP contribution in [0.5, 0.6) is 0 Å². The minimum atomic E-state index is 0.892. The van der Waals surface area contributed by atoms with E-state index in [4.69, 9.17) is 4.74 Å². The van der Waals surface area contributed by atoms with E-state index in [2.05, 4.69) is 6.92 Å². The van der Waals surface area contributed by atoms with Crippen LogP contribution in [0.2, 0.25) is 0 Å². The molecule has 8 heavy (non-hydrogen) atoms. The number of hydrogen-bond acceptors (Lipinski definition) is 2. The van der Waals surface area contributed by atoms with Crippen molar-refractivity contribution < 1.29 is 4.74 Å². The minimum absolute atomic E-state index is 0.892. The van der Waals surface area contributed by atoms with Gasteiger partial charge in [-0.1, -0.05) is 6.92 Å². The Bertz CT molecular complexity index is 59.5. The van der Waals surface area contributed by atoms with Gasteiger partial charge in [-0.2, -0.15) is 0 Å². The average Bonchev–Trinajstić information content (AvgIpc) is 1.90. The summed E-state index contributed by atoms with van der Waals surface area (Å²) in [5.41, 5.74) is 0. The lowest BCUT2D eigenvalue weighted by Crippen LogP contribution is -2.14. The Morgan fingerprint density at radius 3 is 3.00 bits per heavy atom. The van der Waals surface area contributed by atoms with Crippen molar-refractivity contribution in [1.29, 1.82) is 0 Å². The summed E-state index contributed by atoms with van der Waals surface area (Å²) in [5.74, 6) is 3.65. The Labute approximate surface area is 54.8 Å². The lowest BCUT2D eigenvalue weighted by molar-refractivity contribution is 0.185. The number of thioether (sulfide) groups is 1. The van der Waals surface area contributed by atoms with Crippen molar-refractivity contribution in [2.75, 3.05) is 18.3 Å². The van der Waals surface area contributed by atoms with E-state index in [1.165, 1.54) is 12.2 Å². The van der Waals surface area contributed by atoms with Crippen LogP contribution in [-0.2, 0) is 4.74 Å². The third-order valence-electron chi connectivity index (χ3n) is 1.28. The zero-order valence-corrected chi connectivity index (χ0v) is 5.96. The average molecular weight is 131 g/mol. The summed E-state index contributed by atoms with van der Waals surface area (Å²) in [6.45, 7) is 3.09. The van der Waals surface area contributed by atoms with Crippen molar-refractivity contribution in [2.24, 2.45) is 0 Å². The van der Waals surface area contributed by atoms with Crippen LogP contribution in [0.4, 0.5) is 0 Å². The fourth-order valence-corrected chi connectivity index (χ4v) is 1.54. The van der Waals surface area contributed by atoms with E-state index in [0.29, 0.717) is 0 Å². The molecule has 2 heteroatoms. The topological polar surface area (TPSA) is 9.23 Å². The molecule has 47 valence electrons. The molecule has 1 fully saturated rings. The van der Waals surface area contributed by atoms with Crippen LogP contribution in [0.3, 0.4) is 0 Å². The molecule has 0 aromatic heterocycles. The summed E-state index contributed by atoms with van der Waals surface area (Å²) in [5, 5.41) is 0. The van der Waals surface area contributed by atoms with Crippen molar-refractivity contribution in [2.45, 2.75) is 13.3 Å². The van der Waals surface area contributed by atoms with Gasteiger partial charge >= 0.3 is 0 Å². The second kappa shape index (κ2) is 3.36. The number of hydrogen-bond donors (Lipinski definition) is 0. The van der Waals surface area contributed by atoms with Crippen LogP contribution in [0, 0.1) is 5.92 Å². The third-order valence-corrected chi connectivity index (χ3v) is 2.22. The molecule has 1 nitrogen and oxygen atoms in total. The maximum atomic E-state index is 5.20. The molecule has 0 aromatic carbocycles. The lowest BCUT2D eigenvalue weighted by Gasteiger charge is -2.18. The highest BCUT2D eigenvalue weighted by Gasteiger charge is 2.11. The molecule has 0 atom stereocenters. The SMILES string of the molecule is CC[C]1COCSC1. The Kier molecular flexibility index (Phi) is 2.70. The Hall–Kier alpha value is 0.310. The van der Waals surface area contributed by atoms with Gasteiger partial charge in [0.25, 0.3) is 0 Å².